The van der Waals surface area contributed by atoms with Crippen LogP contribution in [0.3, 0.4) is 0 Å². The van der Waals surface area contributed by atoms with Crippen molar-refractivity contribution >= 4 is 0 Å². The van der Waals surface area contributed by atoms with Crippen molar-refractivity contribution in [1.29, 1.82) is 0 Å². The molecule has 5 fully saturated rings. The van der Waals surface area contributed by atoms with Gasteiger partial charge in [0.25, 0.3) is 0 Å². The van der Waals surface area contributed by atoms with Crippen molar-refractivity contribution in [3.63, 3.8) is 0 Å². The number of hydrazine groups is 2. The molecule has 6 unspecified atom stereocenters. The molecule has 22 heavy (non-hydrogen) atoms. The minimum absolute atomic E-state index is 0.552. The average molecular weight is 304 g/mol. The highest BCUT2D eigenvalue weighted by Gasteiger charge is 2.47. The molecule has 3 aliphatic heterocycles. The van der Waals surface area contributed by atoms with Gasteiger partial charge < -0.3 is 0 Å². The second kappa shape index (κ2) is 5.73. The summed E-state index contributed by atoms with van der Waals surface area (Å²) in [5, 5.41) is 5.33. The number of nitrogens with zero attached hydrogens (tertiary/aromatic N) is 2. The van der Waals surface area contributed by atoms with Gasteiger partial charge in [-0.1, -0.05) is 25.7 Å². The third-order valence-electron chi connectivity index (χ3n) is 7.34. The Bertz CT molecular complexity index is 376. The molecule has 5 aliphatic rings. The highest BCUT2D eigenvalue weighted by molar-refractivity contribution is 4.97. The molecule has 0 aromatic heterocycles. The zero-order valence-electron chi connectivity index (χ0n) is 13.8. The van der Waals surface area contributed by atoms with Crippen LogP contribution in [0.1, 0.15) is 77.0 Å². The van der Waals surface area contributed by atoms with E-state index in [1.54, 1.807) is 0 Å². The molecule has 0 radical (unpaired) electrons. The number of hydrogen-bond acceptors (Lipinski definition) is 4. The Balaban J connectivity index is 1.35. The first-order valence-electron chi connectivity index (χ1n) is 9.99. The van der Waals surface area contributed by atoms with Crippen LogP contribution < -0.4 is 10.9 Å². The van der Waals surface area contributed by atoms with Crippen LogP contribution in [-0.2, 0) is 0 Å². The maximum absolute atomic E-state index is 3.99. The standard InChI is InChI=1S/C18H32N4/c1-3-7-15-13(5-1)9-11-17-20-22-16-8-4-2-6-14(16)10-12-18(22)19-21(15)17/h13-20H,1-12H2. The minimum atomic E-state index is 0.552. The second-order valence-corrected chi connectivity index (χ2v) is 8.48. The number of rotatable bonds is 0. The zero-order valence-corrected chi connectivity index (χ0v) is 13.8. The van der Waals surface area contributed by atoms with Gasteiger partial charge in [-0.15, -0.1) is 0 Å². The van der Waals surface area contributed by atoms with E-state index >= 15 is 0 Å². The number of nitrogens with one attached hydrogen (secondary N) is 2. The van der Waals surface area contributed by atoms with E-state index in [-0.39, 0.29) is 0 Å². The Labute approximate surface area is 134 Å². The average Bonchev–Trinajstić information content (AvgIpc) is 2.60. The molecule has 0 amide bonds. The molecule has 6 atom stereocenters. The number of fused-ring (bicyclic) bond motifs is 6. The maximum Gasteiger partial charge on any atom is 0.0867 e. The molecule has 0 bridgehead atoms. The Morgan fingerprint density at radius 3 is 1.45 bits per heavy atom. The fourth-order valence-corrected chi connectivity index (χ4v) is 6.24. The van der Waals surface area contributed by atoms with E-state index in [0.717, 1.165) is 23.9 Å². The van der Waals surface area contributed by atoms with Gasteiger partial charge in [0.2, 0.25) is 0 Å². The summed E-state index contributed by atoms with van der Waals surface area (Å²) < 4.78 is 0. The molecule has 0 aromatic rings. The van der Waals surface area contributed by atoms with Crippen LogP contribution in [0.2, 0.25) is 0 Å². The highest BCUT2D eigenvalue weighted by Crippen LogP contribution is 2.41. The topological polar surface area (TPSA) is 30.5 Å². The van der Waals surface area contributed by atoms with Gasteiger partial charge >= 0.3 is 0 Å². The van der Waals surface area contributed by atoms with Crippen molar-refractivity contribution in [1.82, 2.24) is 20.9 Å². The molecule has 0 aromatic carbocycles. The molecular formula is C18H32N4. The van der Waals surface area contributed by atoms with Gasteiger partial charge in [0.1, 0.15) is 0 Å². The summed E-state index contributed by atoms with van der Waals surface area (Å²) in [6, 6.07) is 1.59. The van der Waals surface area contributed by atoms with E-state index in [1.807, 2.05) is 0 Å². The van der Waals surface area contributed by atoms with E-state index in [4.69, 9.17) is 0 Å². The minimum Gasteiger partial charge on any atom is -0.235 e. The summed E-state index contributed by atoms with van der Waals surface area (Å²) in [4.78, 5) is 0. The molecule has 0 spiro atoms. The van der Waals surface area contributed by atoms with Gasteiger partial charge in [-0.2, -0.15) is 0 Å². The quantitative estimate of drug-likeness (QED) is 0.720. The first kappa shape index (κ1) is 14.2. The van der Waals surface area contributed by atoms with Crippen LogP contribution in [0.15, 0.2) is 0 Å². The van der Waals surface area contributed by atoms with Crippen molar-refractivity contribution < 1.29 is 0 Å². The molecule has 3 heterocycles. The molecule has 2 saturated carbocycles. The summed E-state index contributed by atoms with van der Waals surface area (Å²) in [5.41, 5.74) is 7.97. The van der Waals surface area contributed by atoms with Crippen LogP contribution in [0, 0.1) is 11.8 Å². The van der Waals surface area contributed by atoms with Gasteiger partial charge in [-0.05, 0) is 63.2 Å². The summed E-state index contributed by atoms with van der Waals surface area (Å²) in [6.45, 7) is 0. The lowest BCUT2D eigenvalue weighted by molar-refractivity contribution is -0.185. The maximum atomic E-state index is 3.99. The summed E-state index contributed by atoms with van der Waals surface area (Å²) >= 11 is 0. The van der Waals surface area contributed by atoms with Crippen LogP contribution in [0.25, 0.3) is 0 Å². The van der Waals surface area contributed by atoms with E-state index < -0.39 is 0 Å². The largest absolute Gasteiger partial charge is 0.235 e. The summed E-state index contributed by atoms with van der Waals surface area (Å²) in [6.07, 6.45) is 18.2. The van der Waals surface area contributed by atoms with Gasteiger partial charge in [0.05, 0.1) is 12.3 Å². The van der Waals surface area contributed by atoms with Crippen molar-refractivity contribution in [3.8, 4) is 0 Å². The van der Waals surface area contributed by atoms with E-state index in [1.165, 1.54) is 77.0 Å². The SMILES string of the molecule is C1CCC2C(C1)CCC1NN3C(CCC4CCCCC43)NN12. The Kier molecular flexibility index (Phi) is 3.70. The van der Waals surface area contributed by atoms with Crippen molar-refractivity contribution in [3.05, 3.63) is 0 Å². The third kappa shape index (κ3) is 2.26. The fraction of sp³-hybridized carbons (Fsp3) is 1.00. The molecule has 3 saturated heterocycles. The molecular weight excluding hydrogens is 272 g/mol. The predicted octanol–water partition coefficient (Wildman–Crippen LogP) is 2.97. The smallest absolute Gasteiger partial charge is 0.0867 e. The van der Waals surface area contributed by atoms with Crippen molar-refractivity contribution in [2.75, 3.05) is 0 Å². The lowest BCUT2D eigenvalue weighted by Gasteiger charge is -2.59. The van der Waals surface area contributed by atoms with Crippen molar-refractivity contribution in [2.45, 2.75) is 101 Å². The van der Waals surface area contributed by atoms with Crippen LogP contribution >= 0.6 is 0 Å². The lowest BCUT2D eigenvalue weighted by Crippen LogP contribution is -2.78. The van der Waals surface area contributed by atoms with Crippen molar-refractivity contribution in [2.24, 2.45) is 11.8 Å². The molecule has 5 rings (SSSR count). The van der Waals surface area contributed by atoms with Gasteiger partial charge in [-0.25, -0.2) is 20.9 Å². The highest BCUT2D eigenvalue weighted by atomic mass is 15.8. The molecule has 2 N–H and O–H groups in total. The lowest BCUT2D eigenvalue weighted by atomic mass is 9.77. The van der Waals surface area contributed by atoms with Gasteiger partial charge in [0, 0.05) is 12.1 Å². The molecule has 124 valence electrons. The number of hydrogen-bond donors (Lipinski definition) is 2. The Morgan fingerprint density at radius 1 is 0.500 bits per heavy atom. The first-order chi connectivity index (χ1) is 10.9. The molecule has 4 heteroatoms. The Hall–Kier alpha value is -0.160. The summed E-state index contributed by atoms with van der Waals surface area (Å²) in [7, 11) is 0. The fourth-order valence-electron chi connectivity index (χ4n) is 6.24. The monoisotopic (exact) mass is 304 g/mol. The summed E-state index contributed by atoms with van der Waals surface area (Å²) in [5.74, 6) is 1.91. The molecule has 2 aliphatic carbocycles. The Morgan fingerprint density at radius 2 is 0.955 bits per heavy atom. The number of piperidine rings is 2. The van der Waals surface area contributed by atoms with Crippen LogP contribution in [0.5, 0.6) is 0 Å². The normalized spacial score (nSPS) is 49.6. The van der Waals surface area contributed by atoms with E-state index in [2.05, 4.69) is 20.9 Å². The van der Waals surface area contributed by atoms with Crippen LogP contribution in [-0.4, -0.2) is 34.4 Å². The predicted molar refractivity (Wildman–Crippen MR) is 87.5 cm³/mol. The van der Waals surface area contributed by atoms with Crippen LogP contribution in [0.4, 0.5) is 0 Å². The van der Waals surface area contributed by atoms with E-state index in [0.29, 0.717) is 12.3 Å². The zero-order chi connectivity index (χ0) is 14.5. The first-order valence-corrected chi connectivity index (χ1v) is 9.99. The van der Waals surface area contributed by atoms with Gasteiger partial charge in [-0.3, -0.25) is 0 Å². The van der Waals surface area contributed by atoms with E-state index in [9.17, 15) is 0 Å². The molecule has 4 nitrogen and oxygen atoms in total. The van der Waals surface area contributed by atoms with Gasteiger partial charge in [0.15, 0.2) is 0 Å². The third-order valence-corrected chi connectivity index (χ3v) is 7.34. The second-order valence-electron chi connectivity index (χ2n) is 8.48.